The number of nitrogens with two attached hydrogens (primary N) is 1. The van der Waals surface area contributed by atoms with Gasteiger partial charge in [0.15, 0.2) is 0 Å². The van der Waals surface area contributed by atoms with E-state index in [9.17, 15) is 14.9 Å². The summed E-state index contributed by atoms with van der Waals surface area (Å²) in [6.07, 6.45) is 1.98. The van der Waals surface area contributed by atoms with Crippen molar-refractivity contribution in [2.45, 2.75) is 6.42 Å². The highest BCUT2D eigenvalue weighted by molar-refractivity contribution is 5.93. The first-order valence-corrected chi connectivity index (χ1v) is 6.41. The Labute approximate surface area is 121 Å². The van der Waals surface area contributed by atoms with Gasteiger partial charge in [-0.05, 0) is 24.1 Å². The molecule has 0 saturated carbocycles. The Morgan fingerprint density at radius 3 is 2.62 bits per heavy atom. The van der Waals surface area contributed by atoms with Gasteiger partial charge in [0.2, 0.25) is 0 Å². The van der Waals surface area contributed by atoms with Crippen LogP contribution in [0.15, 0.2) is 36.5 Å². The second-order valence-electron chi connectivity index (χ2n) is 4.70. The number of rotatable bonds is 5. The number of amides is 1. The molecule has 1 aromatic carbocycles. The lowest BCUT2D eigenvalue weighted by Gasteiger charge is -2.06. The first-order valence-electron chi connectivity index (χ1n) is 6.41. The predicted molar refractivity (Wildman–Crippen MR) is 79.0 cm³/mol. The van der Waals surface area contributed by atoms with Crippen molar-refractivity contribution in [2.24, 2.45) is 7.05 Å². The van der Waals surface area contributed by atoms with E-state index in [4.69, 9.17) is 5.73 Å². The van der Waals surface area contributed by atoms with Crippen molar-refractivity contribution in [1.29, 1.82) is 0 Å². The topological polar surface area (TPSA) is 103 Å². The second kappa shape index (κ2) is 6.08. The summed E-state index contributed by atoms with van der Waals surface area (Å²) in [4.78, 5) is 22.1. The molecule has 0 aliphatic heterocycles. The molecular formula is C14H16N4O3. The van der Waals surface area contributed by atoms with E-state index in [2.05, 4.69) is 5.32 Å². The van der Waals surface area contributed by atoms with Crippen molar-refractivity contribution < 1.29 is 9.72 Å². The summed E-state index contributed by atoms with van der Waals surface area (Å²) in [6.45, 7) is 0.446. The van der Waals surface area contributed by atoms with Crippen molar-refractivity contribution >= 4 is 17.3 Å². The van der Waals surface area contributed by atoms with E-state index in [0.717, 1.165) is 5.56 Å². The molecule has 0 unspecified atom stereocenters. The molecule has 0 radical (unpaired) electrons. The maximum absolute atomic E-state index is 12.0. The lowest BCUT2D eigenvalue weighted by molar-refractivity contribution is -0.384. The fourth-order valence-corrected chi connectivity index (χ4v) is 1.97. The number of aryl methyl sites for hydroxylation is 1. The van der Waals surface area contributed by atoms with Gasteiger partial charge in [-0.3, -0.25) is 14.9 Å². The summed E-state index contributed by atoms with van der Waals surface area (Å²) < 4.78 is 1.44. The van der Waals surface area contributed by atoms with Crippen LogP contribution in [0.4, 0.5) is 11.4 Å². The lowest BCUT2D eigenvalue weighted by atomic mass is 10.1. The van der Waals surface area contributed by atoms with Crippen molar-refractivity contribution in [2.75, 3.05) is 12.3 Å². The van der Waals surface area contributed by atoms with E-state index in [1.807, 2.05) is 12.1 Å². The van der Waals surface area contributed by atoms with Gasteiger partial charge >= 0.3 is 0 Å². The van der Waals surface area contributed by atoms with Gasteiger partial charge < -0.3 is 15.6 Å². The molecule has 0 aliphatic rings. The molecule has 1 amide bonds. The Kier molecular flexibility index (Phi) is 4.22. The van der Waals surface area contributed by atoms with Crippen LogP contribution in [-0.2, 0) is 13.5 Å². The largest absolute Gasteiger partial charge is 0.399 e. The van der Waals surface area contributed by atoms with E-state index < -0.39 is 4.92 Å². The molecule has 7 nitrogen and oxygen atoms in total. The van der Waals surface area contributed by atoms with Gasteiger partial charge in [0, 0.05) is 25.3 Å². The van der Waals surface area contributed by atoms with Crippen LogP contribution in [0.5, 0.6) is 0 Å². The average molecular weight is 288 g/mol. The summed E-state index contributed by atoms with van der Waals surface area (Å²) >= 11 is 0. The summed E-state index contributed by atoms with van der Waals surface area (Å²) in [5.41, 5.74) is 7.51. The summed E-state index contributed by atoms with van der Waals surface area (Å²) in [6, 6.07) is 8.66. The maximum Gasteiger partial charge on any atom is 0.287 e. The number of nitro groups is 1. The molecule has 21 heavy (non-hydrogen) atoms. The molecule has 0 bridgehead atoms. The fourth-order valence-electron chi connectivity index (χ4n) is 1.97. The third kappa shape index (κ3) is 3.59. The third-order valence-electron chi connectivity index (χ3n) is 3.11. The quantitative estimate of drug-likeness (QED) is 0.494. The van der Waals surface area contributed by atoms with Gasteiger partial charge in [0.25, 0.3) is 11.6 Å². The smallest absolute Gasteiger partial charge is 0.287 e. The number of carbonyl (C=O) groups excluding carboxylic acids is 1. The average Bonchev–Trinajstić information content (AvgIpc) is 2.83. The minimum atomic E-state index is -0.523. The number of anilines is 1. The van der Waals surface area contributed by atoms with Crippen molar-refractivity contribution in [3.8, 4) is 0 Å². The SMILES string of the molecule is Cn1cc([N+](=O)[O-])cc1C(=O)NCCc1ccc(N)cc1. The second-order valence-corrected chi connectivity index (χ2v) is 4.70. The van der Waals surface area contributed by atoms with Gasteiger partial charge in [-0.2, -0.15) is 0 Å². The summed E-state index contributed by atoms with van der Waals surface area (Å²) in [5.74, 6) is -0.332. The molecule has 0 aliphatic carbocycles. The zero-order chi connectivity index (χ0) is 15.4. The number of aromatic nitrogens is 1. The van der Waals surface area contributed by atoms with Crippen LogP contribution in [0.3, 0.4) is 0 Å². The van der Waals surface area contributed by atoms with Crippen molar-refractivity contribution in [3.05, 3.63) is 57.9 Å². The zero-order valence-corrected chi connectivity index (χ0v) is 11.6. The molecule has 0 fully saturated rings. The number of benzene rings is 1. The molecule has 1 heterocycles. The van der Waals surface area contributed by atoms with E-state index in [-0.39, 0.29) is 17.3 Å². The van der Waals surface area contributed by atoms with Crippen LogP contribution in [0.1, 0.15) is 16.1 Å². The normalized spacial score (nSPS) is 10.3. The standard InChI is InChI=1S/C14H16N4O3/c1-17-9-12(18(20)21)8-13(17)14(19)16-7-6-10-2-4-11(15)5-3-10/h2-5,8-9H,6-7,15H2,1H3,(H,16,19). The molecule has 7 heteroatoms. The molecule has 2 rings (SSSR count). The Morgan fingerprint density at radius 2 is 2.05 bits per heavy atom. The molecular weight excluding hydrogens is 272 g/mol. The predicted octanol–water partition coefficient (Wildman–Crippen LogP) is 1.49. The molecule has 3 N–H and O–H groups in total. The van der Waals surface area contributed by atoms with E-state index in [1.54, 1.807) is 19.2 Å². The zero-order valence-electron chi connectivity index (χ0n) is 11.6. The molecule has 110 valence electrons. The lowest BCUT2D eigenvalue weighted by Crippen LogP contribution is -2.27. The number of carbonyl (C=O) groups is 1. The Hall–Kier alpha value is -2.83. The van der Waals surface area contributed by atoms with Crippen LogP contribution < -0.4 is 11.1 Å². The van der Waals surface area contributed by atoms with Crippen LogP contribution in [0.25, 0.3) is 0 Å². The highest BCUT2D eigenvalue weighted by Gasteiger charge is 2.16. The van der Waals surface area contributed by atoms with Crippen LogP contribution >= 0.6 is 0 Å². The first kappa shape index (κ1) is 14.6. The number of nitrogens with one attached hydrogen (secondary N) is 1. The first-order chi connectivity index (χ1) is 9.97. The Morgan fingerprint density at radius 1 is 1.38 bits per heavy atom. The molecule has 0 saturated heterocycles. The number of nitrogens with zero attached hydrogens (tertiary/aromatic N) is 2. The number of hydrogen-bond acceptors (Lipinski definition) is 4. The highest BCUT2D eigenvalue weighted by atomic mass is 16.6. The Balaban J connectivity index is 1.92. The van der Waals surface area contributed by atoms with E-state index >= 15 is 0 Å². The minimum Gasteiger partial charge on any atom is -0.399 e. The number of nitrogen functional groups attached to an aromatic ring is 1. The van der Waals surface area contributed by atoms with Gasteiger partial charge in [-0.15, -0.1) is 0 Å². The maximum atomic E-state index is 12.0. The van der Waals surface area contributed by atoms with Gasteiger partial charge in [0.05, 0.1) is 11.1 Å². The minimum absolute atomic E-state index is 0.0961. The van der Waals surface area contributed by atoms with Gasteiger partial charge in [-0.1, -0.05) is 12.1 Å². The van der Waals surface area contributed by atoms with Crippen molar-refractivity contribution in [1.82, 2.24) is 9.88 Å². The van der Waals surface area contributed by atoms with Crippen LogP contribution in [0.2, 0.25) is 0 Å². The fraction of sp³-hybridized carbons (Fsp3) is 0.214. The van der Waals surface area contributed by atoms with Gasteiger partial charge in [0.1, 0.15) is 5.69 Å². The summed E-state index contributed by atoms with van der Waals surface area (Å²) in [7, 11) is 1.60. The Bertz CT molecular complexity index is 661. The molecule has 2 aromatic rings. The summed E-state index contributed by atoms with van der Waals surface area (Å²) in [5, 5.41) is 13.4. The third-order valence-corrected chi connectivity index (χ3v) is 3.11. The molecule has 0 atom stereocenters. The van der Waals surface area contributed by atoms with Crippen LogP contribution in [-0.4, -0.2) is 21.9 Å². The number of hydrogen-bond donors (Lipinski definition) is 2. The van der Waals surface area contributed by atoms with E-state index in [1.165, 1.54) is 16.8 Å². The monoisotopic (exact) mass is 288 g/mol. The van der Waals surface area contributed by atoms with Crippen LogP contribution in [0, 0.1) is 10.1 Å². The van der Waals surface area contributed by atoms with Crippen molar-refractivity contribution in [3.63, 3.8) is 0 Å². The highest BCUT2D eigenvalue weighted by Crippen LogP contribution is 2.15. The molecule has 1 aromatic heterocycles. The van der Waals surface area contributed by atoms with Gasteiger partial charge in [-0.25, -0.2) is 0 Å². The van der Waals surface area contributed by atoms with E-state index in [0.29, 0.717) is 18.7 Å². The molecule has 0 spiro atoms.